The summed E-state index contributed by atoms with van der Waals surface area (Å²) in [4.78, 5) is 2.14. The van der Waals surface area contributed by atoms with Crippen molar-refractivity contribution < 1.29 is 13.2 Å². The van der Waals surface area contributed by atoms with Crippen molar-refractivity contribution in [3.63, 3.8) is 0 Å². The van der Waals surface area contributed by atoms with Crippen molar-refractivity contribution in [1.82, 2.24) is 0 Å². The highest BCUT2D eigenvalue weighted by atomic mass is 19.4. The molecule has 0 radical (unpaired) electrons. The molecule has 1 fully saturated rings. The van der Waals surface area contributed by atoms with Gasteiger partial charge in [-0.2, -0.15) is 18.3 Å². The van der Waals surface area contributed by atoms with Gasteiger partial charge >= 0.3 is 6.18 Å². The van der Waals surface area contributed by atoms with Gasteiger partial charge in [-0.25, -0.2) is 5.01 Å². The monoisotopic (exact) mass is 437 g/mol. The van der Waals surface area contributed by atoms with Gasteiger partial charge in [-0.3, -0.25) is 0 Å². The number of hydrazone groups is 1. The average molecular weight is 438 g/mol. The van der Waals surface area contributed by atoms with E-state index >= 15 is 0 Å². The molecular formula is C26H26F3N3. The van der Waals surface area contributed by atoms with Crippen LogP contribution in [0.1, 0.15) is 48.8 Å². The first kappa shape index (κ1) is 20.9. The summed E-state index contributed by atoms with van der Waals surface area (Å²) in [5.41, 5.74) is 5.66. The maximum atomic E-state index is 14.0. The topological polar surface area (TPSA) is 18.8 Å². The zero-order valence-electron chi connectivity index (χ0n) is 18.2. The smallest absolute Gasteiger partial charge is 0.371 e. The van der Waals surface area contributed by atoms with Gasteiger partial charge in [-0.05, 0) is 68.4 Å². The van der Waals surface area contributed by atoms with Crippen LogP contribution < -0.4 is 9.91 Å². The number of hydrogen-bond acceptors (Lipinski definition) is 3. The van der Waals surface area contributed by atoms with E-state index in [1.54, 1.807) is 12.1 Å². The number of rotatable bonds is 3. The van der Waals surface area contributed by atoms with Gasteiger partial charge in [0.15, 0.2) is 0 Å². The highest BCUT2D eigenvalue weighted by Crippen LogP contribution is 2.45. The molecule has 6 heteroatoms. The number of benzene rings is 2. The molecule has 166 valence electrons. The number of halogens is 3. The van der Waals surface area contributed by atoms with E-state index in [-0.39, 0.29) is 5.69 Å². The molecule has 2 aliphatic heterocycles. The van der Waals surface area contributed by atoms with E-state index in [4.69, 9.17) is 5.10 Å². The number of anilines is 2. The van der Waals surface area contributed by atoms with Crippen molar-refractivity contribution in [3.8, 4) is 0 Å². The Hall–Kier alpha value is -3.02. The summed E-state index contributed by atoms with van der Waals surface area (Å²) in [6.45, 7) is 7.92. The van der Waals surface area contributed by atoms with Gasteiger partial charge in [0.25, 0.3) is 0 Å². The van der Waals surface area contributed by atoms with Crippen LogP contribution >= 0.6 is 0 Å². The fourth-order valence-corrected chi connectivity index (χ4v) is 4.92. The van der Waals surface area contributed by atoms with Crippen molar-refractivity contribution in [2.45, 2.75) is 45.2 Å². The molecule has 2 heterocycles. The number of aryl methyl sites for hydroxylation is 1. The van der Waals surface area contributed by atoms with Gasteiger partial charge in [0.2, 0.25) is 0 Å². The van der Waals surface area contributed by atoms with Gasteiger partial charge in [-0.15, -0.1) is 0 Å². The lowest BCUT2D eigenvalue weighted by atomic mass is 9.95. The van der Waals surface area contributed by atoms with Crippen molar-refractivity contribution in [3.05, 3.63) is 82.6 Å². The van der Waals surface area contributed by atoms with Crippen molar-refractivity contribution in [1.29, 1.82) is 0 Å². The molecule has 2 aromatic rings. The van der Waals surface area contributed by atoms with Crippen molar-refractivity contribution >= 4 is 17.1 Å². The lowest BCUT2D eigenvalue weighted by Crippen LogP contribution is -2.28. The molecule has 2 aromatic carbocycles. The third kappa shape index (κ3) is 3.61. The number of alkyl halides is 3. The van der Waals surface area contributed by atoms with E-state index in [0.29, 0.717) is 5.70 Å². The van der Waals surface area contributed by atoms with Crippen LogP contribution in [-0.4, -0.2) is 18.8 Å². The second-order valence-corrected chi connectivity index (χ2v) is 8.78. The fraction of sp³-hybridized carbons (Fsp3) is 0.346. The molecule has 0 atom stereocenters. The van der Waals surface area contributed by atoms with Crippen molar-refractivity contribution in [2.24, 2.45) is 5.10 Å². The van der Waals surface area contributed by atoms with E-state index in [1.807, 2.05) is 31.2 Å². The van der Waals surface area contributed by atoms with Crippen LogP contribution in [0.5, 0.6) is 0 Å². The summed E-state index contributed by atoms with van der Waals surface area (Å²) in [6, 6.07) is 12.4. The third-order valence-electron chi connectivity index (χ3n) is 6.62. The highest BCUT2D eigenvalue weighted by molar-refractivity contribution is 6.15. The molecule has 3 aliphatic rings. The Morgan fingerprint density at radius 2 is 1.59 bits per heavy atom. The predicted octanol–water partition coefficient (Wildman–Crippen LogP) is 6.83. The van der Waals surface area contributed by atoms with Crippen molar-refractivity contribution in [2.75, 3.05) is 23.0 Å². The summed E-state index contributed by atoms with van der Waals surface area (Å²) in [5, 5.41) is 6.22. The first-order valence-electron chi connectivity index (χ1n) is 11.2. The summed E-state index contributed by atoms with van der Waals surface area (Å²) in [6.07, 6.45) is 0.264. The maximum Gasteiger partial charge on any atom is 0.418 e. The molecule has 1 aliphatic carbocycles. The largest absolute Gasteiger partial charge is 0.418 e. The van der Waals surface area contributed by atoms with Gasteiger partial charge in [0.1, 0.15) is 0 Å². The third-order valence-corrected chi connectivity index (χ3v) is 6.62. The molecule has 1 saturated heterocycles. The molecule has 3 nitrogen and oxygen atoms in total. The van der Waals surface area contributed by atoms with Crippen LogP contribution in [0.25, 0.3) is 0 Å². The van der Waals surface area contributed by atoms with E-state index in [0.717, 1.165) is 78.9 Å². The molecule has 5 rings (SSSR count). The lowest BCUT2D eigenvalue weighted by Gasteiger charge is -2.32. The van der Waals surface area contributed by atoms with Crippen LogP contribution in [0.4, 0.5) is 24.5 Å². The van der Waals surface area contributed by atoms with Crippen LogP contribution in [0.15, 0.2) is 71.0 Å². The Morgan fingerprint density at radius 1 is 0.906 bits per heavy atom. The fourth-order valence-electron chi connectivity index (χ4n) is 4.92. The van der Waals surface area contributed by atoms with Crippen LogP contribution in [-0.2, 0) is 6.18 Å². The molecule has 32 heavy (non-hydrogen) atoms. The summed E-state index contributed by atoms with van der Waals surface area (Å²) >= 11 is 0. The summed E-state index contributed by atoms with van der Waals surface area (Å²) < 4.78 is 42.1. The standard InChI is InChI=1S/C26H26F3N3/c1-17-8-10-19(11-9-17)25-22-7-5-6-21(22)18(2)32(30-25)24-16-20(31-14-3-4-15-31)12-13-23(24)26(27,28)29/h8-13,16H,2-7,14-15H2,1H3. The molecule has 0 unspecified atom stereocenters. The number of allylic oxidation sites excluding steroid dienone is 2. The Morgan fingerprint density at radius 3 is 2.28 bits per heavy atom. The first-order valence-corrected chi connectivity index (χ1v) is 11.2. The summed E-state index contributed by atoms with van der Waals surface area (Å²) in [7, 11) is 0. The number of nitrogens with zero attached hydrogens (tertiary/aromatic N) is 3. The van der Waals surface area contributed by atoms with Crippen LogP contribution in [0.2, 0.25) is 0 Å². The normalized spacial score (nSPS) is 19.0. The molecule has 0 saturated carbocycles. The minimum Gasteiger partial charge on any atom is -0.371 e. The number of hydrogen-bond donors (Lipinski definition) is 0. The molecule has 0 N–H and O–H groups in total. The Balaban J connectivity index is 1.66. The highest BCUT2D eigenvalue weighted by Gasteiger charge is 2.38. The lowest BCUT2D eigenvalue weighted by molar-refractivity contribution is -0.137. The Labute approximate surface area is 186 Å². The molecular weight excluding hydrogens is 411 g/mol. The molecule has 0 amide bonds. The Kier molecular flexibility index (Phi) is 5.11. The van der Waals surface area contributed by atoms with E-state index in [1.165, 1.54) is 11.1 Å². The van der Waals surface area contributed by atoms with Gasteiger partial charge in [0.05, 0.1) is 22.7 Å². The maximum absolute atomic E-state index is 14.0. The zero-order valence-corrected chi connectivity index (χ0v) is 18.2. The minimum absolute atomic E-state index is 0.0509. The SMILES string of the molecule is C=C1C2=C(CCC2)C(c2ccc(C)cc2)=NN1c1cc(N2CCCC2)ccc1C(F)(F)F. The second kappa shape index (κ2) is 7.84. The van der Waals surface area contributed by atoms with E-state index in [2.05, 4.69) is 11.5 Å². The van der Waals surface area contributed by atoms with Gasteiger partial charge < -0.3 is 4.90 Å². The molecule has 0 aromatic heterocycles. The van der Waals surface area contributed by atoms with Crippen LogP contribution in [0.3, 0.4) is 0 Å². The molecule has 0 spiro atoms. The van der Waals surface area contributed by atoms with Gasteiger partial charge in [0, 0.05) is 24.3 Å². The molecule has 0 bridgehead atoms. The van der Waals surface area contributed by atoms with Crippen LogP contribution in [0, 0.1) is 6.92 Å². The quantitative estimate of drug-likeness (QED) is 0.524. The predicted molar refractivity (Wildman–Crippen MR) is 123 cm³/mol. The zero-order chi connectivity index (χ0) is 22.5. The van der Waals surface area contributed by atoms with E-state index < -0.39 is 11.7 Å². The first-order chi connectivity index (χ1) is 15.3. The van der Waals surface area contributed by atoms with E-state index in [9.17, 15) is 13.2 Å². The summed E-state index contributed by atoms with van der Waals surface area (Å²) in [5.74, 6) is 0. The minimum atomic E-state index is -4.48. The van der Waals surface area contributed by atoms with Gasteiger partial charge in [-0.1, -0.05) is 36.4 Å². The second-order valence-electron chi connectivity index (χ2n) is 8.78. The average Bonchev–Trinajstić information content (AvgIpc) is 3.47. The Bertz CT molecular complexity index is 1120.